The van der Waals surface area contributed by atoms with Crippen molar-refractivity contribution in [2.75, 3.05) is 13.2 Å². The van der Waals surface area contributed by atoms with Gasteiger partial charge >= 0.3 is 6.03 Å². The van der Waals surface area contributed by atoms with Crippen molar-refractivity contribution >= 4 is 16.1 Å². The summed E-state index contributed by atoms with van der Waals surface area (Å²) < 4.78 is 37.5. The maximum absolute atomic E-state index is 12.3. The van der Waals surface area contributed by atoms with Crippen LogP contribution in [0.2, 0.25) is 0 Å². The fraction of sp³-hybridized carbons (Fsp3) is 0.350. The number of ether oxygens (including phenoxy) is 2. The molecule has 0 radical (unpaired) electrons. The maximum atomic E-state index is 12.3. The molecule has 2 amide bonds. The molecule has 0 saturated heterocycles. The summed E-state index contributed by atoms with van der Waals surface area (Å²) in [6, 6.07) is 12.3. The standard InChI is InChI=1S/C20H26N2O5S/c1-3-5-14-27-18-10-12-19(13-11-18)28(24,25)22-20(23)21-15-16-6-8-17(9-7-16)26-4-2/h6-13H,3-5,14-15H2,1-2H3,(H2,21,22,23). The molecule has 2 rings (SSSR count). The zero-order chi connectivity index (χ0) is 20.4. The van der Waals surface area contributed by atoms with Gasteiger partial charge in [0.2, 0.25) is 0 Å². The molecular weight excluding hydrogens is 380 g/mol. The van der Waals surface area contributed by atoms with E-state index in [0.29, 0.717) is 19.0 Å². The third-order valence-electron chi connectivity index (χ3n) is 3.82. The van der Waals surface area contributed by atoms with Crippen LogP contribution >= 0.6 is 0 Å². The number of hydrogen-bond acceptors (Lipinski definition) is 5. The van der Waals surface area contributed by atoms with Crippen LogP contribution in [0.15, 0.2) is 53.4 Å². The number of hydrogen-bond donors (Lipinski definition) is 2. The summed E-state index contributed by atoms with van der Waals surface area (Å²) in [5.74, 6) is 1.33. The minimum Gasteiger partial charge on any atom is -0.494 e. The number of amides is 2. The molecule has 0 heterocycles. The van der Waals surface area contributed by atoms with Gasteiger partial charge in [0.1, 0.15) is 11.5 Å². The molecule has 0 saturated carbocycles. The van der Waals surface area contributed by atoms with Gasteiger partial charge in [-0.2, -0.15) is 0 Å². The van der Waals surface area contributed by atoms with Gasteiger partial charge < -0.3 is 14.8 Å². The zero-order valence-corrected chi connectivity index (χ0v) is 16.9. The lowest BCUT2D eigenvalue weighted by atomic mass is 10.2. The fourth-order valence-electron chi connectivity index (χ4n) is 2.32. The number of urea groups is 1. The molecule has 2 N–H and O–H groups in total. The Bertz CT molecular complexity index is 849. The average molecular weight is 407 g/mol. The van der Waals surface area contributed by atoms with Crippen LogP contribution in [0.4, 0.5) is 4.79 Å². The minimum absolute atomic E-state index is 0.00782. The van der Waals surface area contributed by atoms with Crippen LogP contribution in [0, 0.1) is 0 Å². The Balaban J connectivity index is 1.87. The fourth-order valence-corrected chi connectivity index (χ4v) is 3.25. The Morgan fingerprint density at radius 3 is 2.14 bits per heavy atom. The van der Waals surface area contributed by atoms with Crippen LogP contribution in [-0.4, -0.2) is 27.7 Å². The number of nitrogens with one attached hydrogen (secondary N) is 2. The van der Waals surface area contributed by atoms with Crippen LogP contribution < -0.4 is 19.5 Å². The van der Waals surface area contributed by atoms with Crippen LogP contribution in [0.25, 0.3) is 0 Å². The van der Waals surface area contributed by atoms with E-state index in [0.717, 1.165) is 24.2 Å². The predicted molar refractivity (Wildman–Crippen MR) is 107 cm³/mol. The Morgan fingerprint density at radius 1 is 0.929 bits per heavy atom. The second-order valence-electron chi connectivity index (χ2n) is 6.04. The van der Waals surface area contributed by atoms with Gasteiger partial charge in [-0.15, -0.1) is 0 Å². The maximum Gasteiger partial charge on any atom is 0.328 e. The SMILES string of the molecule is CCCCOc1ccc(S(=O)(=O)NC(=O)NCc2ccc(OCC)cc2)cc1. The molecule has 2 aromatic rings. The van der Waals surface area contributed by atoms with Crippen molar-refractivity contribution in [3.8, 4) is 11.5 Å². The second kappa shape index (κ2) is 10.6. The normalized spacial score (nSPS) is 10.9. The van der Waals surface area contributed by atoms with E-state index in [-0.39, 0.29) is 11.4 Å². The van der Waals surface area contributed by atoms with E-state index >= 15 is 0 Å². The Hall–Kier alpha value is -2.74. The van der Waals surface area contributed by atoms with Crippen LogP contribution in [-0.2, 0) is 16.6 Å². The lowest BCUT2D eigenvalue weighted by molar-refractivity contribution is 0.245. The third kappa shape index (κ3) is 6.77. The number of sulfonamides is 1. The highest BCUT2D eigenvalue weighted by Crippen LogP contribution is 2.16. The lowest BCUT2D eigenvalue weighted by Gasteiger charge is -2.10. The molecule has 8 heteroatoms. The van der Waals surface area contributed by atoms with E-state index < -0.39 is 16.1 Å². The van der Waals surface area contributed by atoms with Crippen LogP contribution in [0.1, 0.15) is 32.3 Å². The van der Waals surface area contributed by atoms with Crippen molar-refractivity contribution in [3.63, 3.8) is 0 Å². The molecule has 7 nitrogen and oxygen atoms in total. The number of rotatable bonds is 10. The van der Waals surface area contributed by atoms with Crippen molar-refractivity contribution in [2.45, 2.75) is 38.1 Å². The van der Waals surface area contributed by atoms with Crippen molar-refractivity contribution in [1.82, 2.24) is 10.0 Å². The largest absolute Gasteiger partial charge is 0.494 e. The Kier molecular flexibility index (Phi) is 8.13. The van der Waals surface area contributed by atoms with E-state index in [1.54, 1.807) is 36.4 Å². The van der Waals surface area contributed by atoms with Gasteiger partial charge in [-0.3, -0.25) is 0 Å². The average Bonchev–Trinajstić information content (AvgIpc) is 2.68. The van der Waals surface area contributed by atoms with Crippen LogP contribution in [0.3, 0.4) is 0 Å². The number of benzene rings is 2. The first kappa shape index (κ1) is 21.6. The van der Waals surface area contributed by atoms with Gasteiger partial charge in [0.25, 0.3) is 10.0 Å². The Morgan fingerprint density at radius 2 is 1.54 bits per heavy atom. The second-order valence-corrected chi connectivity index (χ2v) is 7.72. The molecule has 0 aliphatic carbocycles. The predicted octanol–water partition coefficient (Wildman–Crippen LogP) is 3.45. The summed E-state index contributed by atoms with van der Waals surface area (Å²) in [6.45, 7) is 5.30. The molecule has 0 spiro atoms. The summed E-state index contributed by atoms with van der Waals surface area (Å²) in [4.78, 5) is 12.0. The molecule has 152 valence electrons. The van der Waals surface area contributed by atoms with Gasteiger partial charge in [0, 0.05) is 6.54 Å². The van der Waals surface area contributed by atoms with Gasteiger partial charge in [0.05, 0.1) is 18.1 Å². The van der Waals surface area contributed by atoms with Gasteiger partial charge in [-0.25, -0.2) is 17.9 Å². The van der Waals surface area contributed by atoms with E-state index in [1.807, 2.05) is 11.6 Å². The van der Waals surface area contributed by atoms with Crippen LogP contribution in [0.5, 0.6) is 11.5 Å². The molecule has 0 fully saturated rings. The summed E-state index contributed by atoms with van der Waals surface area (Å²) in [5, 5.41) is 2.53. The molecule has 0 bridgehead atoms. The summed E-state index contributed by atoms with van der Waals surface area (Å²) in [7, 11) is -3.96. The highest BCUT2D eigenvalue weighted by atomic mass is 32.2. The van der Waals surface area contributed by atoms with Crippen molar-refractivity contribution in [1.29, 1.82) is 0 Å². The first-order chi connectivity index (χ1) is 13.4. The quantitative estimate of drug-likeness (QED) is 0.590. The van der Waals surface area contributed by atoms with Gasteiger partial charge in [-0.1, -0.05) is 25.5 Å². The molecule has 0 atom stereocenters. The number of carbonyl (C=O) groups excluding carboxylic acids is 1. The molecule has 0 aliphatic heterocycles. The molecule has 2 aromatic carbocycles. The molecule has 0 aliphatic rings. The van der Waals surface area contributed by atoms with E-state index in [1.165, 1.54) is 12.1 Å². The van der Waals surface area contributed by atoms with E-state index in [2.05, 4.69) is 12.2 Å². The third-order valence-corrected chi connectivity index (χ3v) is 5.16. The van der Waals surface area contributed by atoms with Crippen molar-refractivity contribution in [3.05, 3.63) is 54.1 Å². The van der Waals surface area contributed by atoms with Gasteiger partial charge in [0.15, 0.2) is 0 Å². The number of carbonyl (C=O) groups is 1. The summed E-state index contributed by atoms with van der Waals surface area (Å²) in [5.41, 5.74) is 0.824. The zero-order valence-electron chi connectivity index (χ0n) is 16.1. The first-order valence-electron chi connectivity index (χ1n) is 9.20. The highest BCUT2D eigenvalue weighted by molar-refractivity contribution is 7.90. The molecule has 28 heavy (non-hydrogen) atoms. The Labute approximate surface area is 166 Å². The lowest BCUT2D eigenvalue weighted by Crippen LogP contribution is -2.39. The van der Waals surface area contributed by atoms with E-state index in [9.17, 15) is 13.2 Å². The minimum atomic E-state index is -3.96. The monoisotopic (exact) mass is 406 g/mol. The molecular formula is C20H26N2O5S. The highest BCUT2D eigenvalue weighted by Gasteiger charge is 2.17. The smallest absolute Gasteiger partial charge is 0.328 e. The summed E-state index contributed by atoms with van der Waals surface area (Å²) >= 11 is 0. The number of unbranched alkanes of at least 4 members (excludes halogenated alkanes) is 1. The molecule has 0 aromatic heterocycles. The molecule has 0 unspecified atom stereocenters. The van der Waals surface area contributed by atoms with E-state index in [4.69, 9.17) is 9.47 Å². The topological polar surface area (TPSA) is 93.7 Å². The van der Waals surface area contributed by atoms with Crippen molar-refractivity contribution in [2.24, 2.45) is 0 Å². The van der Waals surface area contributed by atoms with Gasteiger partial charge in [-0.05, 0) is 55.3 Å². The first-order valence-corrected chi connectivity index (χ1v) is 10.7. The van der Waals surface area contributed by atoms with Crippen molar-refractivity contribution < 1.29 is 22.7 Å². The summed E-state index contributed by atoms with van der Waals surface area (Å²) in [6.07, 6.45) is 1.94.